The van der Waals surface area contributed by atoms with Crippen molar-refractivity contribution in [2.24, 2.45) is 5.92 Å². The number of nitrogens with zero attached hydrogens (tertiary/aromatic N) is 3. The number of halogens is 1. The van der Waals surface area contributed by atoms with Crippen LogP contribution in [0.2, 0.25) is 0 Å². The van der Waals surface area contributed by atoms with Gasteiger partial charge in [-0.2, -0.15) is 0 Å². The first kappa shape index (κ1) is 35.7. The fourth-order valence-electron chi connectivity index (χ4n) is 6.07. The Labute approximate surface area is 302 Å². The number of amides is 1. The molecule has 0 aliphatic carbocycles. The van der Waals surface area contributed by atoms with Crippen molar-refractivity contribution >= 4 is 23.2 Å². The maximum Gasteiger partial charge on any atom is 0.310 e. The third kappa shape index (κ3) is 8.10. The molecule has 9 heteroatoms. The van der Waals surface area contributed by atoms with Gasteiger partial charge >= 0.3 is 5.97 Å². The van der Waals surface area contributed by atoms with Crippen molar-refractivity contribution in [2.45, 2.75) is 58.4 Å². The summed E-state index contributed by atoms with van der Waals surface area (Å²) in [6.07, 6.45) is 3.73. The second kappa shape index (κ2) is 14.6. The average Bonchev–Trinajstić information content (AvgIpc) is 3.60. The first-order valence-electron chi connectivity index (χ1n) is 17.2. The summed E-state index contributed by atoms with van der Waals surface area (Å²) in [6, 6.07) is 24.6. The largest absolute Gasteiger partial charge is 0.481 e. The topological polar surface area (TPSA) is 95.4 Å². The number of carbonyl (C=O) groups is 2. The first-order chi connectivity index (χ1) is 24.3. The monoisotopic (exact) mass is 702 g/mol. The number of aliphatic carboxylic acids is 1. The molecule has 1 amide bonds. The van der Waals surface area contributed by atoms with Crippen molar-refractivity contribution in [3.63, 3.8) is 0 Å². The SMILES string of the molecule is C=C(C(Cc1ccc(-c2ncc(-c3ccc(-c4ccc(C(C)C)cc4)cc3F)cn2)cc1)NC(=O)c1ccc(C(C)(C)C)s1)N1CC(C(=O)O)C1. The van der Waals surface area contributed by atoms with Gasteiger partial charge < -0.3 is 15.3 Å². The molecule has 0 saturated carbocycles. The lowest BCUT2D eigenvalue weighted by Crippen LogP contribution is -2.53. The number of thiophene rings is 1. The predicted octanol–water partition coefficient (Wildman–Crippen LogP) is 8.97. The summed E-state index contributed by atoms with van der Waals surface area (Å²) < 4.78 is 15.3. The molecule has 0 bridgehead atoms. The molecule has 51 heavy (non-hydrogen) atoms. The summed E-state index contributed by atoms with van der Waals surface area (Å²) >= 11 is 1.47. The van der Waals surface area contributed by atoms with E-state index in [0.717, 1.165) is 27.1 Å². The van der Waals surface area contributed by atoms with Crippen LogP contribution in [-0.2, 0) is 16.6 Å². The van der Waals surface area contributed by atoms with Crippen LogP contribution in [0.15, 0.2) is 104 Å². The highest BCUT2D eigenvalue weighted by Crippen LogP contribution is 2.32. The van der Waals surface area contributed by atoms with Crippen LogP contribution in [-0.4, -0.2) is 51.0 Å². The molecule has 6 rings (SSSR count). The summed E-state index contributed by atoms with van der Waals surface area (Å²) in [6.45, 7) is 15.6. The van der Waals surface area contributed by atoms with Gasteiger partial charge in [-0.3, -0.25) is 9.59 Å². The molecule has 1 unspecified atom stereocenters. The van der Waals surface area contributed by atoms with Crippen LogP contribution in [0.3, 0.4) is 0 Å². The highest BCUT2D eigenvalue weighted by atomic mass is 32.1. The van der Waals surface area contributed by atoms with Crippen molar-refractivity contribution in [3.8, 4) is 33.6 Å². The third-order valence-electron chi connectivity index (χ3n) is 9.41. The van der Waals surface area contributed by atoms with Gasteiger partial charge in [-0.25, -0.2) is 14.4 Å². The van der Waals surface area contributed by atoms with Crippen LogP contribution < -0.4 is 5.32 Å². The van der Waals surface area contributed by atoms with Gasteiger partial charge in [0.05, 0.1) is 16.8 Å². The molecule has 0 spiro atoms. The molecule has 3 heterocycles. The predicted molar refractivity (Wildman–Crippen MR) is 202 cm³/mol. The van der Waals surface area contributed by atoms with E-state index >= 15 is 4.39 Å². The van der Waals surface area contributed by atoms with Gasteiger partial charge in [0.15, 0.2) is 5.82 Å². The zero-order valence-corrected chi connectivity index (χ0v) is 30.4. The number of hydrogen-bond donors (Lipinski definition) is 2. The molecule has 2 aromatic heterocycles. The molecule has 2 N–H and O–H groups in total. The van der Waals surface area contributed by atoms with E-state index in [4.69, 9.17) is 0 Å². The van der Waals surface area contributed by atoms with Gasteiger partial charge in [-0.15, -0.1) is 11.3 Å². The summed E-state index contributed by atoms with van der Waals surface area (Å²) in [7, 11) is 0. The Morgan fingerprint density at radius 1 is 0.922 bits per heavy atom. The van der Waals surface area contributed by atoms with E-state index in [0.29, 0.717) is 53.0 Å². The third-order valence-corrected chi connectivity index (χ3v) is 10.9. The maximum absolute atomic E-state index is 15.3. The molecule has 3 aromatic carbocycles. The number of carboxylic acids is 1. The second-order valence-corrected chi connectivity index (χ2v) is 15.6. The van der Waals surface area contributed by atoms with Crippen molar-refractivity contribution < 1.29 is 19.1 Å². The Morgan fingerprint density at radius 2 is 1.55 bits per heavy atom. The average molecular weight is 703 g/mol. The normalized spacial score (nSPS) is 13.9. The smallest absolute Gasteiger partial charge is 0.310 e. The van der Waals surface area contributed by atoms with E-state index in [-0.39, 0.29) is 17.1 Å². The zero-order valence-electron chi connectivity index (χ0n) is 29.6. The van der Waals surface area contributed by atoms with Gasteiger partial charge in [0.2, 0.25) is 0 Å². The molecular weight excluding hydrogens is 660 g/mol. The fourth-order valence-corrected chi connectivity index (χ4v) is 7.03. The molecule has 1 saturated heterocycles. The minimum absolute atomic E-state index is 0.0655. The van der Waals surface area contributed by atoms with Crippen molar-refractivity contribution in [1.82, 2.24) is 20.2 Å². The quantitative estimate of drug-likeness (QED) is 0.143. The Bertz CT molecular complexity index is 2040. The minimum atomic E-state index is -0.829. The number of benzene rings is 3. The molecule has 1 fully saturated rings. The van der Waals surface area contributed by atoms with Crippen molar-refractivity contribution in [1.29, 1.82) is 0 Å². The summed E-state index contributed by atoms with van der Waals surface area (Å²) in [4.78, 5) is 37.6. The second-order valence-electron chi connectivity index (χ2n) is 14.5. The Morgan fingerprint density at radius 3 is 2.12 bits per heavy atom. The number of rotatable bonds is 11. The van der Waals surface area contributed by atoms with Gasteiger partial charge in [-0.1, -0.05) is 102 Å². The van der Waals surface area contributed by atoms with Crippen molar-refractivity contribution in [3.05, 3.63) is 130 Å². The van der Waals surface area contributed by atoms with Crippen LogP contribution >= 0.6 is 11.3 Å². The summed E-state index contributed by atoms with van der Waals surface area (Å²) in [5.74, 6) is -0.858. The molecule has 262 valence electrons. The van der Waals surface area contributed by atoms with E-state index < -0.39 is 17.9 Å². The number of aromatic nitrogens is 2. The lowest BCUT2D eigenvalue weighted by molar-refractivity contribution is -0.146. The van der Waals surface area contributed by atoms with E-state index in [1.807, 2.05) is 59.5 Å². The molecule has 1 atom stereocenters. The molecular formula is C42H43FN4O3S. The Hall–Kier alpha value is -5.15. The Balaban J connectivity index is 1.15. The molecule has 7 nitrogen and oxygen atoms in total. The van der Waals surface area contributed by atoms with Gasteiger partial charge in [0.25, 0.3) is 5.91 Å². The lowest BCUT2D eigenvalue weighted by atomic mass is 9.95. The molecule has 5 aromatic rings. The van der Waals surface area contributed by atoms with Crippen LogP contribution in [0.1, 0.15) is 66.2 Å². The van der Waals surface area contributed by atoms with Gasteiger partial charge in [0, 0.05) is 52.7 Å². The summed E-state index contributed by atoms with van der Waals surface area (Å²) in [5, 5.41) is 12.5. The molecule has 0 radical (unpaired) electrons. The van der Waals surface area contributed by atoms with E-state index in [2.05, 4.69) is 68.6 Å². The number of nitrogens with one attached hydrogen (secondary N) is 1. The number of hydrogen-bond acceptors (Lipinski definition) is 6. The van der Waals surface area contributed by atoms with E-state index in [1.54, 1.807) is 24.5 Å². The van der Waals surface area contributed by atoms with Gasteiger partial charge in [0.1, 0.15) is 5.82 Å². The number of carboxylic acid groups (broad SMARTS) is 1. The van der Waals surface area contributed by atoms with Gasteiger partial charge in [-0.05, 0) is 58.2 Å². The zero-order chi connectivity index (χ0) is 36.4. The number of likely N-dealkylation sites (tertiary alicyclic amines) is 1. The van der Waals surface area contributed by atoms with Crippen molar-refractivity contribution in [2.75, 3.05) is 13.1 Å². The van der Waals surface area contributed by atoms with Crippen LogP contribution in [0.25, 0.3) is 33.6 Å². The van der Waals surface area contributed by atoms with Crippen LogP contribution in [0.5, 0.6) is 0 Å². The molecule has 1 aliphatic heterocycles. The Kier molecular flexibility index (Phi) is 10.2. The minimum Gasteiger partial charge on any atom is -0.481 e. The highest BCUT2D eigenvalue weighted by Gasteiger charge is 2.36. The fraction of sp³-hybridized carbons (Fsp3) is 0.286. The highest BCUT2D eigenvalue weighted by molar-refractivity contribution is 7.14. The lowest BCUT2D eigenvalue weighted by Gasteiger charge is -2.42. The standard InChI is InChI=1S/C42H43FN4O3S/c1-25(2)28-11-13-29(14-12-28)31-15-16-34(35(43)20-31)32-21-44-39(45-22-32)30-9-7-27(8-10-30)19-36(26(3)47-23-33(24-47)41(49)50)46-40(48)37-17-18-38(51-37)42(4,5)6/h7-18,20-22,25,33,36H,3,19,23-24H2,1-2,4-6H3,(H,46,48)(H,49,50). The van der Waals surface area contributed by atoms with E-state index in [1.165, 1.54) is 16.9 Å². The molecule has 1 aliphatic rings. The van der Waals surface area contributed by atoms with Crippen LogP contribution in [0.4, 0.5) is 4.39 Å². The van der Waals surface area contributed by atoms with E-state index in [9.17, 15) is 14.7 Å². The van der Waals surface area contributed by atoms with Crippen LogP contribution in [0, 0.1) is 11.7 Å². The maximum atomic E-state index is 15.3. The summed E-state index contributed by atoms with van der Waals surface area (Å²) in [5.41, 5.74) is 6.40. The number of carbonyl (C=O) groups excluding carboxylic acids is 1. The first-order valence-corrected chi connectivity index (χ1v) is 18.0.